The lowest BCUT2D eigenvalue weighted by atomic mass is 10.2. The summed E-state index contributed by atoms with van der Waals surface area (Å²) in [6, 6.07) is 1.95. The Morgan fingerprint density at radius 3 is 2.87 bits per heavy atom. The standard InChI is InChI=1S/C11H16BrClN2/c1-2-3-4-5-6-14-9-7-10(12)11(13)15-8-9/h7-8,14H,2-6H2,1H3. The van der Waals surface area contributed by atoms with Crippen molar-refractivity contribution in [2.45, 2.75) is 32.6 Å². The van der Waals surface area contributed by atoms with E-state index in [1.165, 1.54) is 25.7 Å². The highest BCUT2D eigenvalue weighted by molar-refractivity contribution is 9.10. The summed E-state index contributed by atoms with van der Waals surface area (Å²) in [5.41, 5.74) is 1.02. The lowest BCUT2D eigenvalue weighted by molar-refractivity contribution is 0.685. The number of unbranched alkanes of at least 4 members (excludes halogenated alkanes) is 3. The van der Waals surface area contributed by atoms with Crippen molar-refractivity contribution in [1.82, 2.24) is 4.98 Å². The third-order valence-electron chi connectivity index (χ3n) is 2.16. The topological polar surface area (TPSA) is 24.9 Å². The van der Waals surface area contributed by atoms with E-state index in [9.17, 15) is 0 Å². The Morgan fingerprint density at radius 2 is 2.20 bits per heavy atom. The highest BCUT2D eigenvalue weighted by Gasteiger charge is 1.99. The molecule has 4 heteroatoms. The molecule has 1 rings (SSSR count). The number of hydrogen-bond acceptors (Lipinski definition) is 2. The van der Waals surface area contributed by atoms with Crippen molar-refractivity contribution in [3.05, 3.63) is 21.9 Å². The van der Waals surface area contributed by atoms with Crippen LogP contribution in [0.4, 0.5) is 5.69 Å². The molecule has 0 saturated heterocycles. The molecule has 0 amide bonds. The zero-order valence-corrected chi connectivity index (χ0v) is 11.2. The monoisotopic (exact) mass is 290 g/mol. The SMILES string of the molecule is CCCCCCNc1cnc(Cl)c(Br)c1. The lowest BCUT2D eigenvalue weighted by Gasteiger charge is -2.06. The van der Waals surface area contributed by atoms with Gasteiger partial charge in [-0.05, 0) is 28.4 Å². The van der Waals surface area contributed by atoms with Crippen LogP contribution in [0.1, 0.15) is 32.6 Å². The molecule has 1 aromatic heterocycles. The predicted molar refractivity (Wildman–Crippen MR) is 69.6 cm³/mol. The first kappa shape index (κ1) is 12.8. The summed E-state index contributed by atoms with van der Waals surface area (Å²) in [6.45, 7) is 3.21. The number of hydrogen-bond donors (Lipinski definition) is 1. The molecule has 0 fully saturated rings. The van der Waals surface area contributed by atoms with Crippen molar-refractivity contribution >= 4 is 33.2 Å². The van der Waals surface area contributed by atoms with Gasteiger partial charge in [0.15, 0.2) is 0 Å². The fourth-order valence-electron chi connectivity index (χ4n) is 1.30. The highest BCUT2D eigenvalue weighted by Crippen LogP contribution is 2.22. The third-order valence-corrected chi connectivity index (χ3v) is 3.29. The average Bonchev–Trinajstić information content (AvgIpc) is 2.23. The molecule has 1 N–H and O–H groups in total. The lowest BCUT2D eigenvalue weighted by Crippen LogP contribution is -2.01. The van der Waals surface area contributed by atoms with Crippen molar-refractivity contribution in [2.75, 3.05) is 11.9 Å². The summed E-state index contributed by atoms with van der Waals surface area (Å²) in [7, 11) is 0. The summed E-state index contributed by atoms with van der Waals surface area (Å²) < 4.78 is 0.836. The van der Waals surface area contributed by atoms with Crippen molar-refractivity contribution < 1.29 is 0 Å². The molecule has 0 aliphatic rings. The molecule has 0 aliphatic heterocycles. The highest BCUT2D eigenvalue weighted by atomic mass is 79.9. The first-order chi connectivity index (χ1) is 7.24. The van der Waals surface area contributed by atoms with Crippen LogP contribution < -0.4 is 5.32 Å². The van der Waals surface area contributed by atoms with Crippen LogP contribution in [0.15, 0.2) is 16.7 Å². The van der Waals surface area contributed by atoms with Gasteiger partial charge < -0.3 is 5.32 Å². The minimum Gasteiger partial charge on any atom is -0.384 e. The Morgan fingerprint density at radius 1 is 1.40 bits per heavy atom. The van der Waals surface area contributed by atoms with Crippen LogP contribution in [-0.2, 0) is 0 Å². The average molecular weight is 292 g/mol. The van der Waals surface area contributed by atoms with Crippen LogP contribution in [0.5, 0.6) is 0 Å². The van der Waals surface area contributed by atoms with E-state index >= 15 is 0 Å². The molecule has 1 heterocycles. The first-order valence-corrected chi connectivity index (χ1v) is 6.46. The van der Waals surface area contributed by atoms with Crippen LogP contribution in [0.25, 0.3) is 0 Å². The van der Waals surface area contributed by atoms with Crippen molar-refractivity contribution in [1.29, 1.82) is 0 Å². The zero-order valence-electron chi connectivity index (χ0n) is 8.89. The first-order valence-electron chi connectivity index (χ1n) is 5.29. The Labute approximate surface area is 105 Å². The van der Waals surface area contributed by atoms with Gasteiger partial charge in [-0.15, -0.1) is 0 Å². The van der Waals surface area contributed by atoms with Gasteiger partial charge in [0.05, 0.1) is 16.4 Å². The molecule has 0 aromatic carbocycles. The zero-order chi connectivity index (χ0) is 11.1. The Balaban J connectivity index is 2.28. The molecular weight excluding hydrogens is 275 g/mol. The Kier molecular flexibility index (Phi) is 6.03. The van der Waals surface area contributed by atoms with Gasteiger partial charge in [-0.2, -0.15) is 0 Å². The van der Waals surface area contributed by atoms with E-state index in [0.29, 0.717) is 5.15 Å². The number of anilines is 1. The maximum absolute atomic E-state index is 5.80. The normalized spacial score (nSPS) is 10.3. The van der Waals surface area contributed by atoms with E-state index < -0.39 is 0 Å². The molecule has 0 radical (unpaired) electrons. The van der Waals surface area contributed by atoms with Crippen molar-refractivity contribution in [2.24, 2.45) is 0 Å². The molecule has 2 nitrogen and oxygen atoms in total. The van der Waals surface area contributed by atoms with Crippen LogP contribution in [0.3, 0.4) is 0 Å². The van der Waals surface area contributed by atoms with Gasteiger partial charge in [0.2, 0.25) is 0 Å². The third kappa shape index (κ3) is 4.85. The minimum atomic E-state index is 0.506. The summed E-state index contributed by atoms with van der Waals surface area (Å²) in [5, 5.41) is 3.83. The molecule has 0 aliphatic carbocycles. The second-order valence-corrected chi connectivity index (χ2v) is 4.70. The second-order valence-electron chi connectivity index (χ2n) is 3.48. The number of halogens is 2. The van der Waals surface area contributed by atoms with E-state index in [2.05, 4.69) is 33.2 Å². The van der Waals surface area contributed by atoms with Crippen LogP contribution in [-0.4, -0.2) is 11.5 Å². The van der Waals surface area contributed by atoms with Crippen molar-refractivity contribution in [3.8, 4) is 0 Å². The number of aromatic nitrogens is 1. The molecule has 1 aromatic rings. The predicted octanol–water partition coefficient (Wildman–Crippen LogP) is 4.49. The summed E-state index contributed by atoms with van der Waals surface area (Å²) >= 11 is 9.14. The molecule has 0 unspecified atom stereocenters. The maximum atomic E-state index is 5.80. The minimum absolute atomic E-state index is 0.506. The number of nitrogens with zero attached hydrogens (tertiary/aromatic N) is 1. The van der Waals surface area contributed by atoms with Gasteiger partial charge in [0.25, 0.3) is 0 Å². The molecule has 0 saturated carbocycles. The molecular formula is C11H16BrClN2. The largest absolute Gasteiger partial charge is 0.384 e. The Hall–Kier alpha value is -0.280. The van der Waals surface area contributed by atoms with E-state index in [0.717, 1.165) is 16.7 Å². The van der Waals surface area contributed by atoms with E-state index in [-0.39, 0.29) is 0 Å². The summed E-state index contributed by atoms with van der Waals surface area (Å²) in [4.78, 5) is 4.05. The summed E-state index contributed by atoms with van der Waals surface area (Å²) in [6.07, 6.45) is 6.82. The van der Waals surface area contributed by atoms with Gasteiger partial charge in [0.1, 0.15) is 5.15 Å². The number of nitrogens with one attached hydrogen (secondary N) is 1. The molecule has 0 bridgehead atoms. The fraction of sp³-hybridized carbons (Fsp3) is 0.545. The van der Waals surface area contributed by atoms with Gasteiger partial charge >= 0.3 is 0 Å². The van der Waals surface area contributed by atoms with Crippen LogP contribution in [0.2, 0.25) is 5.15 Å². The quantitative estimate of drug-likeness (QED) is 0.617. The fourth-order valence-corrected chi connectivity index (χ4v) is 1.75. The maximum Gasteiger partial charge on any atom is 0.143 e. The van der Waals surface area contributed by atoms with E-state index in [1.54, 1.807) is 6.20 Å². The molecule has 84 valence electrons. The van der Waals surface area contributed by atoms with E-state index in [1.807, 2.05) is 6.07 Å². The van der Waals surface area contributed by atoms with Gasteiger partial charge in [0, 0.05) is 6.54 Å². The Bertz CT molecular complexity index is 305. The van der Waals surface area contributed by atoms with Gasteiger partial charge in [-0.1, -0.05) is 37.8 Å². The number of rotatable bonds is 6. The van der Waals surface area contributed by atoms with E-state index in [4.69, 9.17) is 11.6 Å². The molecule has 0 atom stereocenters. The molecule has 15 heavy (non-hydrogen) atoms. The number of pyridine rings is 1. The van der Waals surface area contributed by atoms with Crippen LogP contribution >= 0.6 is 27.5 Å². The van der Waals surface area contributed by atoms with Crippen molar-refractivity contribution in [3.63, 3.8) is 0 Å². The van der Waals surface area contributed by atoms with Gasteiger partial charge in [-0.3, -0.25) is 0 Å². The molecule has 0 spiro atoms. The second kappa shape index (κ2) is 7.07. The smallest absolute Gasteiger partial charge is 0.143 e. The van der Waals surface area contributed by atoms with Gasteiger partial charge in [-0.25, -0.2) is 4.98 Å². The summed E-state index contributed by atoms with van der Waals surface area (Å²) in [5.74, 6) is 0. The van der Waals surface area contributed by atoms with Crippen LogP contribution in [0, 0.1) is 0 Å².